The molecule has 2 aromatic carbocycles. The normalized spacial score (nSPS) is 20.2. The molecule has 2 amide bonds. The molecule has 0 saturated heterocycles. The third-order valence-corrected chi connectivity index (χ3v) is 5.88. The number of hydrogen-bond acceptors (Lipinski definition) is 3. The number of nitrogens with one attached hydrogen (secondary N) is 1. The van der Waals surface area contributed by atoms with Crippen molar-refractivity contribution in [3.63, 3.8) is 0 Å². The van der Waals surface area contributed by atoms with Crippen LogP contribution in [0, 0.1) is 5.92 Å². The van der Waals surface area contributed by atoms with Gasteiger partial charge < -0.3 is 10.2 Å². The first kappa shape index (κ1) is 23.7. The molecule has 0 fully saturated rings. The van der Waals surface area contributed by atoms with Crippen LogP contribution in [0.3, 0.4) is 0 Å². The zero-order valence-corrected chi connectivity index (χ0v) is 19.1. The van der Waals surface area contributed by atoms with Crippen LogP contribution in [0.25, 0.3) is 0 Å². The molecule has 32 heavy (non-hydrogen) atoms. The first-order chi connectivity index (χ1) is 15.4. The van der Waals surface area contributed by atoms with Gasteiger partial charge in [0.15, 0.2) is 0 Å². The van der Waals surface area contributed by atoms with Gasteiger partial charge in [0.1, 0.15) is 5.78 Å². The Hall–Kier alpha value is -2.92. The lowest BCUT2D eigenvalue weighted by molar-refractivity contribution is -0.137. The van der Waals surface area contributed by atoms with Gasteiger partial charge in [-0.05, 0) is 36.1 Å². The predicted octanol–water partition coefficient (Wildman–Crippen LogP) is 4.51. The third kappa shape index (κ3) is 7.06. The van der Waals surface area contributed by atoms with E-state index in [4.69, 9.17) is 11.6 Å². The van der Waals surface area contributed by atoms with Gasteiger partial charge in [0, 0.05) is 43.8 Å². The highest BCUT2D eigenvalue weighted by Crippen LogP contribution is 2.21. The summed E-state index contributed by atoms with van der Waals surface area (Å²) in [7, 11) is 1.73. The predicted molar refractivity (Wildman–Crippen MR) is 126 cm³/mol. The van der Waals surface area contributed by atoms with Crippen molar-refractivity contribution in [3.8, 4) is 0 Å². The number of amides is 2. The van der Waals surface area contributed by atoms with Crippen LogP contribution in [-0.4, -0.2) is 36.1 Å². The molecule has 0 saturated carbocycles. The minimum absolute atomic E-state index is 0.0208. The Balaban J connectivity index is 1.74. The van der Waals surface area contributed by atoms with E-state index in [1.165, 1.54) is 0 Å². The molecule has 0 radical (unpaired) electrons. The highest BCUT2D eigenvalue weighted by atomic mass is 35.5. The van der Waals surface area contributed by atoms with Crippen LogP contribution >= 0.6 is 11.6 Å². The highest BCUT2D eigenvalue weighted by Gasteiger charge is 2.27. The second-order valence-corrected chi connectivity index (χ2v) is 8.67. The van der Waals surface area contributed by atoms with Crippen molar-refractivity contribution in [2.75, 3.05) is 13.6 Å². The summed E-state index contributed by atoms with van der Waals surface area (Å²) >= 11 is 5.92. The SMILES string of the molecule is CN1C[C@@H](c2ccccc2)NC(=O)CCC=CC[C@@H](CC(=O)Cc2ccc(Cl)cc2)C1=O. The Morgan fingerprint density at radius 2 is 1.78 bits per heavy atom. The number of Topliss-reactive ketones (excluding diaryl/α,β-unsaturated/α-hetero) is 1. The lowest BCUT2D eigenvalue weighted by atomic mass is 9.93. The van der Waals surface area contributed by atoms with Crippen LogP contribution < -0.4 is 5.32 Å². The summed E-state index contributed by atoms with van der Waals surface area (Å²) in [6.07, 6.45) is 5.75. The minimum atomic E-state index is -0.428. The van der Waals surface area contributed by atoms with Gasteiger partial charge >= 0.3 is 0 Å². The molecule has 168 valence electrons. The molecule has 0 unspecified atom stereocenters. The Morgan fingerprint density at radius 1 is 1.06 bits per heavy atom. The number of carbonyl (C=O) groups excluding carboxylic acids is 3. The van der Waals surface area contributed by atoms with Crippen LogP contribution in [-0.2, 0) is 20.8 Å². The zero-order valence-electron chi connectivity index (χ0n) is 18.3. The zero-order chi connectivity index (χ0) is 22.9. The maximum absolute atomic E-state index is 13.3. The molecule has 2 aromatic rings. The minimum Gasteiger partial charge on any atom is -0.347 e. The number of benzene rings is 2. The van der Waals surface area contributed by atoms with E-state index in [1.807, 2.05) is 54.6 Å². The molecule has 1 aliphatic rings. The summed E-state index contributed by atoms with van der Waals surface area (Å²) in [5, 5.41) is 3.68. The second kappa shape index (κ2) is 11.6. The fraction of sp³-hybridized carbons (Fsp3) is 0.346. The molecule has 0 aliphatic carbocycles. The van der Waals surface area contributed by atoms with Crippen LogP contribution in [0.1, 0.15) is 42.9 Å². The molecular weight excluding hydrogens is 424 g/mol. The van der Waals surface area contributed by atoms with E-state index in [1.54, 1.807) is 24.1 Å². The molecule has 0 aromatic heterocycles. The largest absolute Gasteiger partial charge is 0.347 e. The quantitative estimate of drug-likeness (QED) is 0.678. The van der Waals surface area contributed by atoms with Gasteiger partial charge in [-0.3, -0.25) is 14.4 Å². The van der Waals surface area contributed by atoms with Gasteiger partial charge in [0.2, 0.25) is 11.8 Å². The first-order valence-electron chi connectivity index (χ1n) is 10.9. The van der Waals surface area contributed by atoms with Gasteiger partial charge in [-0.15, -0.1) is 0 Å². The summed E-state index contributed by atoms with van der Waals surface area (Å²) in [6, 6.07) is 16.5. The molecular formula is C26H29ClN2O3. The Bertz CT molecular complexity index is 957. The van der Waals surface area contributed by atoms with E-state index in [0.29, 0.717) is 30.8 Å². The van der Waals surface area contributed by atoms with Crippen LogP contribution in [0.15, 0.2) is 66.7 Å². The average molecular weight is 453 g/mol. The summed E-state index contributed by atoms with van der Waals surface area (Å²) in [5.74, 6) is -0.537. The maximum atomic E-state index is 13.3. The molecule has 2 atom stereocenters. The van der Waals surface area contributed by atoms with Crippen molar-refractivity contribution in [2.45, 2.75) is 38.1 Å². The number of hydrogen-bond donors (Lipinski definition) is 1. The van der Waals surface area contributed by atoms with Crippen LogP contribution in [0.4, 0.5) is 0 Å². The summed E-state index contributed by atoms with van der Waals surface area (Å²) in [5.41, 5.74) is 1.83. The van der Waals surface area contributed by atoms with Gasteiger partial charge in [0.25, 0.3) is 0 Å². The van der Waals surface area contributed by atoms with Crippen LogP contribution in [0.5, 0.6) is 0 Å². The summed E-state index contributed by atoms with van der Waals surface area (Å²) in [6.45, 7) is 0.347. The molecule has 1 aliphatic heterocycles. The fourth-order valence-electron chi connectivity index (χ4n) is 3.90. The van der Waals surface area contributed by atoms with Crippen molar-refractivity contribution in [1.82, 2.24) is 10.2 Å². The molecule has 3 rings (SSSR count). The molecule has 5 nitrogen and oxygen atoms in total. The highest BCUT2D eigenvalue weighted by molar-refractivity contribution is 6.30. The number of likely N-dealkylation sites (N-methyl/N-ethyl adjacent to an activating group) is 1. The molecule has 6 heteroatoms. The van der Waals surface area contributed by atoms with Gasteiger partial charge in [0.05, 0.1) is 6.04 Å². The van der Waals surface area contributed by atoms with Gasteiger partial charge in [-0.2, -0.15) is 0 Å². The van der Waals surface area contributed by atoms with Crippen molar-refractivity contribution in [3.05, 3.63) is 82.9 Å². The van der Waals surface area contributed by atoms with Crippen molar-refractivity contribution < 1.29 is 14.4 Å². The Morgan fingerprint density at radius 3 is 2.50 bits per heavy atom. The summed E-state index contributed by atoms with van der Waals surface area (Å²) in [4.78, 5) is 40.0. The molecule has 1 N–H and O–H groups in total. The first-order valence-corrected chi connectivity index (χ1v) is 11.3. The lowest BCUT2D eigenvalue weighted by Crippen LogP contribution is -2.41. The number of nitrogens with zero attached hydrogens (tertiary/aromatic N) is 1. The number of allylic oxidation sites excluding steroid dienone is 2. The maximum Gasteiger partial charge on any atom is 0.226 e. The number of rotatable bonds is 5. The molecule has 1 heterocycles. The number of ketones is 1. The van der Waals surface area contributed by atoms with Gasteiger partial charge in [-0.1, -0.05) is 66.2 Å². The van der Waals surface area contributed by atoms with E-state index in [2.05, 4.69) is 5.32 Å². The van der Waals surface area contributed by atoms with Crippen molar-refractivity contribution in [1.29, 1.82) is 0 Å². The number of carbonyl (C=O) groups is 3. The second-order valence-electron chi connectivity index (χ2n) is 8.24. The van der Waals surface area contributed by atoms with E-state index >= 15 is 0 Å². The lowest BCUT2D eigenvalue weighted by Gasteiger charge is -2.28. The van der Waals surface area contributed by atoms with Crippen molar-refractivity contribution >= 4 is 29.2 Å². The summed E-state index contributed by atoms with van der Waals surface area (Å²) < 4.78 is 0. The van der Waals surface area contributed by atoms with Gasteiger partial charge in [-0.25, -0.2) is 0 Å². The van der Waals surface area contributed by atoms with E-state index in [-0.39, 0.29) is 36.5 Å². The van der Waals surface area contributed by atoms with Crippen LogP contribution in [0.2, 0.25) is 5.02 Å². The van der Waals surface area contributed by atoms with E-state index in [0.717, 1.165) is 11.1 Å². The molecule has 0 bridgehead atoms. The molecule has 0 spiro atoms. The van der Waals surface area contributed by atoms with E-state index < -0.39 is 5.92 Å². The van der Waals surface area contributed by atoms with Crippen molar-refractivity contribution in [2.24, 2.45) is 5.92 Å². The Labute approximate surface area is 194 Å². The standard InChI is InChI=1S/C26H29ClN2O3/c1-29-18-24(20-8-4-2-5-9-20)28-25(31)11-7-3-6-10-21(26(29)32)17-23(30)16-19-12-14-22(27)15-13-19/h2-6,8-9,12-15,21,24H,7,10-11,16-18H2,1H3,(H,28,31)/t21-,24-/m0/s1. The fourth-order valence-corrected chi connectivity index (χ4v) is 4.03. The smallest absolute Gasteiger partial charge is 0.226 e. The Kier molecular flexibility index (Phi) is 8.63. The average Bonchev–Trinajstić information content (AvgIpc) is 2.78. The topological polar surface area (TPSA) is 66.5 Å². The van der Waals surface area contributed by atoms with E-state index in [9.17, 15) is 14.4 Å². The monoisotopic (exact) mass is 452 g/mol. The third-order valence-electron chi connectivity index (χ3n) is 5.63. The number of halogens is 1.